The van der Waals surface area contributed by atoms with Crippen molar-refractivity contribution < 1.29 is 9.90 Å². The van der Waals surface area contributed by atoms with Gasteiger partial charge in [-0.25, -0.2) is 0 Å². The summed E-state index contributed by atoms with van der Waals surface area (Å²) in [6, 6.07) is -0.667. The highest BCUT2D eigenvalue weighted by Gasteiger charge is 2.07. The lowest BCUT2D eigenvalue weighted by Crippen LogP contribution is -2.29. The molecule has 0 aliphatic carbocycles. The number of rotatable bonds is 3. The van der Waals surface area contributed by atoms with Gasteiger partial charge in [-0.05, 0) is 6.42 Å². The fourth-order valence-electron chi connectivity index (χ4n) is 0.434. The van der Waals surface area contributed by atoms with Gasteiger partial charge in [-0.2, -0.15) is 0 Å². The van der Waals surface area contributed by atoms with Crippen LogP contribution in [0.15, 0.2) is 0 Å². The van der Waals surface area contributed by atoms with Crippen LogP contribution in [0.1, 0.15) is 19.8 Å². The number of halogens is 1. The Morgan fingerprint density at radius 3 is 2.20 bits per heavy atom. The normalized spacial score (nSPS) is 11.2. The Labute approximate surface area is 66.2 Å². The Morgan fingerprint density at radius 2 is 2.10 bits per heavy atom. The summed E-state index contributed by atoms with van der Waals surface area (Å²) in [5, 5.41) is 8.19. The minimum atomic E-state index is -0.910. The van der Waals surface area contributed by atoms with Crippen molar-refractivity contribution in [2.24, 2.45) is 5.73 Å². The van der Waals surface area contributed by atoms with Crippen LogP contribution in [0.3, 0.4) is 0 Å². The molecule has 0 rings (SSSR count). The topological polar surface area (TPSA) is 63.3 Å². The van der Waals surface area contributed by atoms with Gasteiger partial charge in [0.15, 0.2) is 0 Å². The van der Waals surface area contributed by atoms with Gasteiger partial charge in [0.2, 0.25) is 0 Å². The summed E-state index contributed by atoms with van der Waals surface area (Å²) in [6.07, 6.45) is 2.86. The molecule has 0 saturated heterocycles. The zero-order valence-electron chi connectivity index (χ0n) is 6.30. The van der Waals surface area contributed by atoms with E-state index in [1.54, 1.807) is 0 Å². The van der Waals surface area contributed by atoms with Gasteiger partial charge in [-0.3, -0.25) is 4.79 Å². The molecule has 0 radical (unpaired) electrons. The van der Waals surface area contributed by atoms with E-state index in [1.807, 2.05) is 6.92 Å². The van der Waals surface area contributed by atoms with Gasteiger partial charge in [-0.15, -0.1) is 11.6 Å². The molecule has 0 aromatic heterocycles. The monoisotopic (exact) mass is 167 g/mol. The maximum absolute atomic E-state index is 9.96. The molecule has 0 aliphatic rings. The Balaban J connectivity index is 0. The Kier molecular flexibility index (Phi) is 10.8. The summed E-state index contributed by atoms with van der Waals surface area (Å²) in [5.41, 5.74) is 5.13. The van der Waals surface area contributed by atoms with E-state index in [1.165, 1.54) is 6.38 Å². The average Bonchev–Trinajstić information content (AvgIpc) is 1.93. The number of hydrogen-bond acceptors (Lipinski definition) is 2. The molecule has 0 aliphatic heterocycles. The molecule has 0 fully saturated rings. The molecule has 0 saturated carbocycles. The van der Waals surface area contributed by atoms with Gasteiger partial charge in [0.1, 0.15) is 6.04 Å². The lowest BCUT2D eigenvalue weighted by Gasteiger charge is -2.00. The minimum absolute atomic E-state index is 0.565. The van der Waals surface area contributed by atoms with Crippen molar-refractivity contribution >= 4 is 17.6 Å². The molecule has 10 heavy (non-hydrogen) atoms. The molecule has 3 nitrogen and oxygen atoms in total. The van der Waals surface area contributed by atoms with Crippen LogP contribution < -0.4 is 5.73 Å². The van der Waals surface area contributed by atoms with Crippen molar-refractivity contribution in [1.82, 2.24) is 0 Å². The second-order valence-electron chi connectivity index (χ2n) is 1.73. The van der Waals surface area contributed by atoms with Crippen molar-refractivity contribution in [3.05, 3.63) is 0 Å². The first-order valence-corrected chi connectivity index (χ1v) is 3.80. The number of aliphatic carboxylic acids is 1. The zero-order chi connectivity index (χ0) is 8.57. The summed E-state index contributed by atoms with van der Waals surface area (Å²) < 4.78 is 0. The van der Waals surface area contributed by atoms with Gasteiger partial charge < -0.3 is 10.8 Å². The fraction of sp³-hybridized carbons (Fsp3) is 0.833. The molecular weight excluding hydrogens is 154 g/mol. The van der Waals surface area contributed by atoms with Crippen LogP contribution in [-0.4, -0.2) is 23.5 Å². The van der Waals surface area contributed by atoms with Crippen LogP contribution in [0, 0.1) is 0 Å². The third-order valence-electron chi connectivity index (χ3n) is 0.917. The van der Waals surface area contributed by atoms with Crippen LogP contribution >= 0.6 is 11.6 Å². The van der Waals surface area contributed by atoms with Crippen LogP contribution in [0.25, 0.3) is 0 Å². The first kappa shape index (κ1) is 12.4. The van der Waals surface area contributed by atoms with E-state index in [2.05, 4.69) is 11.6 Å². The standard InChI is InChI=1S/C5H11NO2.CH3Cl/c1-2-3-4(6)5(7)8;1-2/h4H,2-3,6H2,1H3,(H,7,8);1H3. The molecule has 0 amide bonds. The SMILES string of the molecule is CCCC(N)C(=O)O.CCl. The van der Waals surface area contributed by atoms with Gasteiger partial charge in [0, 0.05) is 6.38 Å². The second-order valence-corrected chi connectivity index (χ2v) is 1.73. The zero-order valence-corrected chi connectivity index (χ0v) is 7.06. The largest absolute Gasteiger partial charge is 0.480 e. The molecule has 0 heterocycles. The van der Waals surface area contributed by atoms with Crippen molar-refractivity contribution in [2.75, 3.05) is 6.38 Å². The summed E-state index contributed by atoms with van der Waals surface area (Å²) in [7, 11) is 0. The summed E-state index contributed by atoms with van der Waals surface area (Å²) in [4.78, 5) is 9.96. The van der Waals surface area contributed by atoms with Gasteiger partial charge in [-0.1, -0.05) is 13.3 Å². The van der Waals surface area contributed by atoms with E-state index >= 15 is 0 Å². The lowest BCUT2D eigenvalue weighted by molar-refractivity contribution is -0.138. The van der Waals surface area contributed by atoms with Gasteiger partial charge >= 0.3 is 5.97 Å². The predicted molar refractivity (Wildman–Crippen MR) is 42.3 cm³/mol. The van der Waals surface area contributed by atoms with Crippen LogP contribution in [0.2, 0.25) is 0 Å². The molecule has 0 spiro atoms. The number of carboxylic acids is 1. The highest BCUT2D eigenvalue weighted by molar-refractivity contribution is 6.15. The van der Waals surface area contributed by atoms with E-state index in [4.69, 9.17) is 10.8 Å². The van der Waals surface area contributed by atoms with Crippen molar-refractivity contribution in [3.63, 3.8) is 0 Å². The van der Waals surface area contributed by atoms with Crippen molar-refractivity contribution in [2.45, 2.75) is 25.8 Å². The fourth-order valence-corrected chi connectivity index (χ4v) is 0.434. The Bertz CT molecular complexity index is 87.8. The summed E-state index contributed by atoms with van der Waals surface area (Å²) in [5.74, 6) is -0.910. The van der Waals surface area contributed by atoms with Crippen molar-refractivity contribution in [3.8, 4) is 0 Å². The number of carbonyl (C=O) groups is 1. The second kappa shape index (κ2) is 8.72. The average molecular weight is 168 g/mol. The predicted octanol–water partition coefficient (Wildman–Crippen LogP) is 1.05. The highest BCUT2D eigenvalue weighted by atomic mass is 35.5. The quantitative estimate of drug-likeness (QED) is 0.618. The third kappa shape index (κ3) is 7.72. The number of alkyl halides is 1. The first-order valence-electron chi connectivity index (χ1n) is 3.04. The number of hydrogen-bond donors (Lipinski definition) is 2. The van der Waals surface area contributed by atoms with Gasteiger partial charge in [0.05, 0.1) is 0 Å². The van der Waals surface area contributed by atoms with Gasteiger partial charge in [0.25, 0.3) is 0 Å². The maximum Gasteiger partial charge on any atom is 0.320 e. The van der Waals surface area contributed by atoms with E-state index in [0.717, 1.165) is 6.42 Å². The Morgan fingerprint density at radius 1 is 1.70 bits per heavy atom. The first-order chi connectivity index (χ1) is 4.68. The molecule has 0 aromatic rings. The third-order valence-corrected chi connectivity index (χ3v) is 0.917. The molecule has 1 atom stereocenters. The van der Waals surface area contributed by atoms with E-state index in [0.29, 0.717) is 6.42 Å². The minimum Gasteiger partial charge on any atom is -0.480 e. The lowest BCUT2D eigenvalue weighted by atomic mass is 10.2. The molecule has 62 valence electrons. The summed E-state index contributed by atoms with van der Waals surface area (Å²) >= 11 is 4.64. The molecule has 1 unspecified atom stereocenters. The number of carboxylic acid groups (broad SMARTS) is 1. The van der Waals surface area contributed by atoms with Crippen molar-refractivity contribution in [1.29, 1.82) is 0 Å². The molecule has 0 bridgehead atoms. The molecule has 4 heteroatoms. The van der Waals surface area contributed by atoms with E-state index in [9.17, 15) is 4.79 Å². The van der Waals surface area contributed by atoms with Crippen LogP contribution in [0.4, 0.5) is 0 Å². The smallest absolute Gasteiger partial charge is 0.320 e. The van der Waals surface area contributed by atoms with E-state index in [-0.39, 0.29) is 0 Å². The maximum atomic E-state index is 9.96. The molecular formula is C6H14ClNO2. The highest BCUT2D eigenvalue weighted by Crippen LogP contribution is 1.91. The van der Waals surface area contributed by atoms with E-state index < -0.39 is 12.0 Å². The Hall–Kier alpha value is -0.280. The number of nitrogens with two attached hydrogens (primary N) is 1. The summed E-state index contributed by atoms with van der Waals surface area (Å²) in [6.45, 7) is 1.91. The molecule has 3 N–H and O–H groups in total. The van der Waals surface area contributed by atoms with Crippen LogP contribution in [-0.2, 0) is 4.79 Å². The molecule has 0 aromatic carbocycles. The van der Waals surface area contributed by atoms with Crippen LogP contribution in [0.5, 0.6) is 0 Å².